The number of nitrogens with zero attached hydrogens (tertiary/aromatic N) is 4. The van der Waals surface area contributed by atoms with Crippen molar-refractivity contribution in [3.05, 3.63) is 125 Å². The van der Waals surface area contributed by atoms with Gasteiger partial charge in [-0.1, -0.05) is 78.9 Å². The standard InChI is InChI=1S/C78H101N19O21S3/c1-40(98)85-50(22-26-119-2)68(109)93-56-38-121-36-43-14-8-13-42(27-43)35-120-37-55(92-69(110)52(28-41-11-4-3-5-12-41)89-67(108)49(19-20-59(99)100)87-73(114)62-64(105)47-21-25-96(63(47)74(115)94-62)77(118)57-18-10-24-95(57)76(56)117)71(112)90-53(32-61(103)104)70(111)91-54(30-46-33-82-39-84-46)75(116)97-34-45-16-7-6-15-44(45)29-58(97)72(113)86-48(17-9-23-83-78(80)81)66(107)88-51(65(79)106)31-60(101)102/h3-8,11-16,27,33,39,47-58,62-64,105H,9-10,17-26,28-32,34-38H2,1-2H3,(H2,79,106)(H,82,84)(H,85,98)(H,86,113)(H,87,114)(H,88,107)(H,89,108)(H,90,112)(H,91,111)(H,92,110)(H,93,109)(H,94,115)(H,99,100)(H,101,102)(H,103,104)(H4,80,81,83)/t47?,48-,49-,50-,51-,52-,53-,54-,55-,56-,57-,58-,62-,63-,64+/m0/s1. The third-order valence-corrected chi connectivity index (χ3v) is 24.0. The van der Waals surface area contributed by atoms with Gasteiger partial charge in [0.2, 0.25) is 82.7 Å². The Hall–Kier alpha value is -11.9. The van der Waals surface area contributed by atoms with Crippen LogP contribution in [-0.2, 0) is 119 Å². The van der Waals surface area contributed by atoms with Crippen LogP contribution in [0.4, 0.5) is 0 Å². The number of imidazole rings is 1. The van der Waals surface area contributed by atoms with Gasteiger partial charge in [-0.3, -0.25) is 86.9 Å². The zero-order chi connectivity index (χ0) is 87.7. The highest BCUT2D eigenvalue weighted by Gasteiger charge is 2.55. The van der Waals surface area contributed by atoms with Gasteiger partial charge in [0.1, 0.15) is 78.5 Å². The Bertz CT molecular complexity index is 4490. The monoisotopic (exact) mass is 1740 g/mol. The summed E-state index contributed by atoms with van der Waals surface area (Å²) in [6.45, 7) is 0.897. The van der Waals surface area contributed by atoms with Crippen LogP contribution in [0.15, 0.2) is 91.4 Å². The second-order valence-electron chi connectivity index (χ2n) is 29.9. The van der Waals surface area contributed by atoms with Crippen molar-refractivity contribution in [2.75, 3.05) is 43.1 Å². The highest BCUT2D eigenvalue weighted by molar-refractivity contribution is 7.99. The van der Waals surface area contributed by atoms with Gasteiger partial charge in [0.15, 0.2) is 5.96 Å². The van der Waals surface area contributed by atoms with Gasteiger partial charge in [0.05, 0.1) is 31.0 Å². The Kier molecular flexibility index (Phi) is 34.2. The first-order valence-corrected chi connectivity index (χ1v) is 42.9. The molecule has 0 aliphatic carbocycles. The number of nitrogens with two attached hydrogens (primary N) is 2. The lowest BCUT2D eigenvalue weighted by Gasteiger charge is -2.40. The third kappa shape index (κ3) is 26.3. The molecular weight excluding hydrogens is 1640 g/mol. The normalized spacial score (nSPS) is 22.9. The maximum Gasteiger partial charge on any atom is 0.305 e. The average molecular weight is 1740 g/mol. The minimum absolute atomic E-state index is 0.000171. The van der Waals surface area contributed by atoms with Crippen LogP contribution in [0.1, 0.15) is 105 Å². The molecule has 3 saturated heterocycles. The van der Waals surface area contributed by atoms with Crippen molar-refractivity contribution in [3.63, 3.8) is 0 Å². The number of fused-ring (bicyclic) bond motifs is 17. The first kappa shape index (κ1) is 93.0. The van der Waals surface area contributed by atoms with E-state index in [4.69, 9.17) is 16.9 Å². The number of H-pyrrole nitrogens is 1. The summed E-state index contributed by atoms with van der Waals surface area (Å²) in [6, 6.07) is 1.24. The molecule has 21 N–H and O–H groups in total. The van der Waals surface area contributed by atoms with E-state index in [1.165, 1.54) is 52.8 Å². The summed E-state index contributed by atoms with van der Waals surface area (Å²) in [7, 11) is 0. The largest absolute Gasteiger partial charge is 0.481 e. The number of aromatic amines is 1. The van der Waals surface area contributed by atoms with E-state index in [2.05, 4.69) is 68.5 Å². The van der Waals surface area contributed by atoms with Gasteiger partial charge < -0.3 is 110 Å². The quantitative estimate of drug-likeness (QED) is 0.00991. The van der Waals surface area contributed by atoms with Crippen molar-refractivity contribution in [3.8, 4) is 0 Å². The fourth-order valence-electron chi connectivity index (χ4n) is 15.1. The molecule has 14 amide bonds. The number of carbonyl (C=O) groups excluding carboxylic acids is 14. The summed E-state index contributed by atoms with van der Waals surface area (Å²) in [5, 5.41) is 77.7. The molecule has 1 unspecified atom stereocenters. The summed E-state index contributed by atoms with van der Waals surface area (Å²) in [5.74, 6) is -19.2. The minimum Gasteiger partial charge on any atom is -0.481 e. The van der Waals surface area contributed by atoms with Gasteiger partial charge in [-0.2, -0.15) is 35.3 Å². The number of aliphatic hydroxyl groups is 1. The number of aliphatic carboxylic acids is 3. The Morgan fingerprint density at radius 3 is 1.97 bits per heavy atom. The molecule has 0 saturated carbocycles. The molecule has 43 heteroatoms. The number of nitrogens with one attached hydrogen (secondary N) is 13. The van der Waals surface area contributed by atoms with Gasteiger partial charge in [-0.25, -0.2) is 4.98 Å². The highest BCUT2D eigenvalue weighted by Crippen LogP contribution is 2.35. The fraction of sp³-hybridized carbons (Fsp3) is 0.500. The van der Waals surface area contributed by atoms with Crippen LogP contribution in [0, 0.1) is 11.3 Å². The molecule has 6 aliphatic rings. The molecule has 3 fully saturated rings. The first-order valence-electron chi connectivity index (χ1n) is 39.2. The SMILES string of the molecule is CSCC[C@H](NC(C)=O)C(=O)N[C@H]1CSCc2cccc(c2)CSC[C@@H](C(=O)N[C@@H](CC(=O)O)C(=O)N[C@@H](Cc2c[nH]cn2)C(=O)N2Cc3ccccc3C[C@H]2C(=O)N[C@@H](CCCNC(=N)N)C(=O)N[C@@H](CC(=O)O)C(N)=O)NC(=O)[C@H](Cc2ccccc2)NC(=O)[C@H](CCC(=O)O)NC(=O)[C@H]2NC(=O)[C@@H]3C(CCN3C(=O)[C@@H]3CCCN3C1=O)[C@H]2O. The van der Waals surface area contributed by atoms with Crippen molar-refractivity contribution in [1.29, 1.82) is 5.41 Å². The van der Waals surface area contributed by atoms with Crippen LogP contribution in [0.5, 0.6) is 0 Å². The lowest BCUT2D eigenvalue weighted by molar-refractivity contribution is -0.152. The number of hydrogen-bond donors (Lipinski definition) is 19. The predicted molar refractivity (Wildman–Crippen MR) is 438 cm³/mol. The van der Waals surface area contributed by atoms with Gasteiger partial charge in [-0.15, -0.1) is 0 Å². The van der Waals surface area contributed by atoms with Crippen LogP contribution in [0.3, 0.4) is 0 Å². The second-order valence-corrected chi connectivity index (χ2v) is 32.9. The van der Waals surface area contributed by atoms with E-state index >= 15 is 24.0 Å². The molecule has 0 radical (unpaired) electrons. The molecule has 7 heterocycles. The zero-order valence-electron chi connectivity index (χ0n) is 66.3. The van der Waals surface area contributed by atoms with E-state index in [9.17, 15) is 78.0 Å². The van der Waals surface area contributed by atoms with Gasteiger partial charge in [-0.05, 0) is 84.8 Å². The van der Waals surface area contributed by atoms with Crippen molar-refractivity contribution in [1.82, 2.24) is 83.2 Å². The summed E-state index contributed by atoms with van der Waals surface area (Å²) in [6.07, 6.45) is -1.29. The van der Waals surface area contributed by atoms with Crippen LogP contribution >= 0.6 is 35.3 Å². The number of aromatic nitrogens is 2. The number of aliphatic hydroxyl groups excluding tert-OH is 1. The average Bonchev–Trinajstić information content (AvgIpc) is 1.62. The molecule has 3 aromatic carbocycles. The Balaban J connectivity index is 1.04. The Morgan fingerprint density at radius 1 is 0.661 bits per heavy atom. The molecule has 1 aromatic heterocycles. The smallest absolute Gasteiger partial charge is 0.305 e. The van der Waals surface area contributed by atoms with E-state index in [0.29, 0.717) is 40.0 Å². The second kappa shape index (κ2) is 44.4. The number of amides is 14. The van der Waals surface area contributed by atoms with Crippen LogP contribution in [-0.4, -0.2) is 279 Å². The first-order chi connectivity index (χ1) is 57.8. The third-order valence-electron chi connectivity index (χ3n) is 21.1. The molecule has 15 atom stereocenters. The summed E-state index contributed by atoms with van der Waals surface area (Å²) < 4.78 is 0. The van der Waals surface area contributed by atoms with E-state index in [1.54, 1.807) is 72.8 Å². The van der Waals surface area contributed by atoms with Crippen molar-refractivity contribution in [2.24, 2.45) is 17.4 Å². The highest BCUT2D eigenvalue weighted by atomic mass is 32.2. The van der Waals surface area contributed by atoms with Crippen molar-refractivity contribution in [2.45, 2.75) is 193 Å². The number of carbonyl (C=O) groups is 17. The van der Waals surface area contributed by atoms with Gasteiger partial charge >= 0.3 is 17.9 Å². The lowest BCUT2D eigenvalue weighted by Crippen LogP contribution is -2.68. The molecule has 121 heavy (non-hydrogen) atoms. The minimum atomic E-state index is -2.10. The number of carboxylic acid groups (broad SMARTS) is 3. The molecule has 4 aromatic rings. The topological polar surface area (TPSA) is 618 Å². The molecule has 6 bridgehead atoms. The molecule has 10 rings (SSSR count). The molecule has 0 spiro atoms. The summed E-state index contributed by atoms with van der Waals surface area (Å²) in [5.41, 5.74) is 13.9. The summed E-state index contributed by atoms with van der Waals surface area (Å²) in [4.78, 5) is 250. The fourth-order valence-corrected chi connectivity index (χ4v) is 17.5. The number of benzene rings is 3. The lowest BCUT2D eigenvalue weighted by atomic mass is 9.84. The molecule has 6 aliphatic heterocycles. The maximum atomic E-state index is 15.6. The maximum absolute atomic E-state index is 15.6. The van der Waals surface area contributed by atoms with E-state index in [1.807, 2.05) is 12.3 Å². The van der Waals surface area contributed by atoms with Crippen LogP contribution < -0.4 is 70.0 Å². The van der Waals surface area contributed by atoms with Crippen molar-refractivity contribution < 1.29 is 102 Å². The predicted octanol–water partition coefficient (Wildman–Crippen LogP) is -3.91. The van der Waals surface area contributed by atoms with Crippen molar-refractivity contribution >= 4 is 142 Å². The van der Waals surface area contributed by atoms with E-state index in [0.717, 1.165) is 16.7 Å². The van der Waals surface area contributed by atoms with E-state index in [-0.39, 0.29) is 99.8 Å². The Morgan fingerprint density at radius 2 is 1.31 bits per heavy atom. The number of primary amides is 1. The van der Waals surface area contributed by atoms with E-state index < -0.39 is 229 Å². The number of thioether (sulfide) groups is 3. The number of carboxylic acids is 3. The van der Waals surface area contributed by atoms with Gasteiger partial charge in [0, 0.05) is 93.9 Å². The zero-order valence-corrected chi connectivity index (χ0v) is 68.7. The van der Waals surface area contributed by atoms with Crippen LogP contribution in [0.2, 0.25) is 0 Å². The molecule has 652 valence electrons. The number of guanidine groups is 1. The summed E-state index contributed by atoms with van der Waals surface area (Å²) >= 11 is 3.74. The van der Waals surface area contributed by atoms with Gasteiger partial charge in [0.25, 0.3) is 0 Å². The number of rotatable bonds is 31. The number of piperidine rings is 1. The number of hydrogen-bond acceptors (Lipinski definition) is 23. The molecule has 40 nitrogen and oxygen atoms in total. The molecular formula is C78H101N19O21S3. The Labute approximate surface area is 707 Å². The van der Waals surface area contributed by atoms with Crippen LogP contribution in [0.25, 0.3) is 0 Å².